The Labute approximate surface area is 108 Å². The molecule has 2 rings (SSSR count). The predicted molar refractivity (Wildman–Crippen MR) is 69.5 cm³/mol. The molecule has 2 aromatic carbocycles. The van der Waals surface area contributed by atoms with E-state index < -0.39 is 5.82 Å². The lowest BCUT2D eigenvalue weighted by atomic mass is 10.2. The summed E-state index contributed by atoms with van der Waals surface area (Å²) in [6.45, 7) is 0.451. The Bertz CT molecular complexity index is 556. The SMILES string of the molecule is Nc1cc(F)c(Cl)cc1NCc1ccc(F)cc1. The number of hydrogen-bond acceptors (Lipinski definition) is 2. The molecule has 0 saturated heterocycles. The summed E-state index contributed by atoms with van der Waals surface area (Å²) in [5, 5.41) is 3.02. The summed E-state index contributed by atoms with van der Waals surface area (Å²) in [6, 6.07) is 8.65. The van der Waals surface area contributed by atoms with Gasteiger partial charge in [0.1, 0.15) is 11.6 Å². The molecule has 0 amide bonds. The Morgan fingerprint density at radius 1 is 1.11 bits per heavy atom. The lowest BCUT2D eigenvalue weighted by Crippen LogP contribution is -2.03. The summed E-state index contributed by atoms with van der Waals surface area (Å²) in [4.78, 5) is 0. The van der Waals surface area contributed by atoms with E-state index in [1.54, 1.807) is 12.1 Å². The van der Waals surface area contributed by atoms with Gasteiger partial charge in [0, 0.05) is 12.6 Å². The molecule has 3 N–H and O–H groups in total. The third-order valence-electron chi connectivity index (χ3n) is 2.49. The van der Waals surface area contributed by atoms with Crippen molar-refractivity contribution in [2.45, 2.75) is 6.54 Å². The second-order valence-electron chi connectivity index (χ2n) is 3.83. The largest absolute Gasteiger partial charge is 0.397 e. The van der Waals surface area contributed by atoms with E-state index in [0.29, 0.717) is 12.2 Å². The zero-order valence-electron chi connectivity index (χ0n) is 9.38. The zero-order valence-corrected chi connectivity index (χ0v) is 10.1. The minimum atomic E-state index is -0.554. The van der Waals surface area contributed by atoms with Crippen molar-refractivity contribution in [3.05, 3.63) is 58.6 Å². The molecule has 0 aliphatic heterocycles. The van der Waals surface area contributed by atoms with Gasteiger partial charge in [-0.15, -0.1) is 0 Å². The van der Waals surface area contributed by atoms with Crippen molar-refractivity contribution in [2.75, 3.05) is 11.1 Å². The van der Waals surface area contributed by atoms with Gasteiger partial charge in [-0.25, -0.2) is 8.78 Å². The van der Waals surface area contributed by atoms with Crippen molar-refractivity contribution in [3.63, 3.8) is 0 Å². The van der Waals surface area contributed by atoms with Crippen LogP contribution in [-0.2, 0) is 6.54 Å². The van der Waals surface area contributed by atoms with Crippen LogP contribution in [0.5, 0.6) is 0 Å². The van der Waals surface area contributed by atoms with Gasteiger partial charge in [-0.05, 0) is 23.8 Å². The molecule has 0 atom stereocenters. The van der Waals surface area contributed by atoms with E-state index >= 15 is 0 Å². The van der Waals surface area contributed by atoms with Gasteiger partial charge in [-0.3, -0.25) is 0 Å². The lowest BCUT2D eigenvalue weighted by molar-refractivity contribution is 0.627. The van der Waals surface area contributed by atoms with E-state index in [0.717, 1.165) is 11.6 Å². The molecule has 0 saturated carbocycles. The lowest BCUT2D eigenvalue weighted by Gasteiger charge is -2.10. The molecule has 0 bridgehead atoms. The Hall–Kier alpha value is -1.81. The molecular formula is C13H11ClF2N2. The van der Waals surface area contributed by atoms with Crippen LogP contribution in [0.15, 0.2) is 36.4 Å². The standard InChI is InChI=1S/C13H11ClF2N2/c14-10-5-13(12(17)6-11(10)16)18-7-8-1-3-9(15)4-2-8/h1-6,18H,7,17H2. The van der Waals surface area contributed by atoms with Gasteiger partial charge in [-0.1, -0.05) is 23.7 Å². The van der Waals surface area contributed by atoms with Crippen molar-refractivity contribution in [3.8, 4) is 0 Å². The minimum Gasteiger partial charge on any atom is -0.397 e. The number of anilines is 2. The fourth-order valence-corrected chi connectivity index (χ4v) is 1.68. The molecule has 2 nitrogen and oxygen atoms in total. The van der Waals surface area contributed by atoms with Gasteiger partial charge >= 0.3 is 0 Å². The molecule has 0 heterocycles. The Morgan fingerprint density at radius 3 is 2.44 bits per heavy atom. The van der Waals surface area contributed by atoms with Crippen LogP contribution in [0.1, 0.15) is 5.56 Å². The highest BCUT2D eigenvalue weighted by Gasteiger charge is 2.06. The quantitative estimate of drug-likeness (QED) is 0.831. The van der Waals surface area contributed by atoms with E-state index in [9.17, 15) is 8.78 Å². The maximum Gasteiger partial charge on any atom is 0.143 e. The van der Waals surface area contributed by atoms with Gasteiger partial charge < -0.3 is 11.1 Å². The normalized spacial score (nSPS) is 10.4. The number of halogens is 3. The highest BCUT2D eigenvalue weighted by Crippen LogP contribution is 2.26. The first-order valence-electron chi connectivity index (χ1n) is 5.29. The molecule has 0 radical (unpaired) electrons. The molecule has 0 unspecified atom stereocenters. The van der Waals surface area contributed by atoms with Gasteiger partial charge in [-0.2, -0.15) is 0 Å². The van der Waals surface area contributed by atoms with E-state index in [1.165, 1.54) is 18.2 Å². The van der Waals surface area contributed by atoms with Crippen molar-refractivity contribution in [2.24, 2.45) is 0 Å². The molecule has 0 aromatic heterocycles. The zero-order chi connectivity index (χ0) is 13.1. The second-order valence-corrected chi connectivity index (χ2v) is 4.24. The summed E-state index contributed by atoms with van der Waals surface area (Å²) in [6.07, 6.45) is 0. The first-order valence-corrected chi connectivity index (χ1v) is 5.67. The molecule has 18 heavy (non-hydrogen) atoms. The average molecular weight is 269 g/mol. The Morgan fingerprint density at radius 2 is 1.78 bits per heavy atom. The van der Waals surface area contributed by atoms with Crippen molar-refractivity contribution < 1.29 is 8.78 Å². The molecule has 0 aliphatic rings. The minimum absolute atomic E-state index is 0.00538. The van der Waals surface area contributed by atoms with Crippen LogP contribution < -0.4 is 11.1 Å². The number of nitrogens with two attached hydrogens (primary N) is 1. The van der Waals surface area contributed by atoms with E-state index in [2.05, 4.69) is 5.32 Å². The van der Waals surface area contributed by atoms with Crippen molar-refractivity contribution in [1.29, 1.82) is 0 Å². The van der Waals surface area contributed by atoms with Crippen molar-refractivity contribution >= 4 is 23.0 Å². The number of hydrogen-bond donors (Lipinski definition) is 2. The summed E-state index contributed by atoms with van der Waals surface area (Å²) >= 11 is 5.67. The number of nitrogens with one attached hydrogen (secondary N) is 1. The third kappa shape index (κ3) is 2.90. The first-order chi connectivity index (χ1) is 8.56. The van der Waals surface area contributed by atoms with Crippen LogP contribution in [0.4, 0.5) is 20.2 Å². The van der Waals surface area contributed by atoms with Gasteiger partial charge in [0.15, 0.2) is 0 Å². The molecule has 2 aromatic rings. The molecule has 94 valence electrons. The smallest absolute Gasteiger partial charge is 0.143 e. The number of rotatable bonds is 3. The van der Waals surface area contributed by atoms with Crippen LogP contribution >= 0.6 is 11.6 Å². The molecular weight excluding hydrogens is 258 g/mol. The van der Waals surface area contributed by atoms with Gasteiger partial charge in [0.25, 0.3) is 0 Å². The second kappa shape index (κ2) is 5.23. The maximum absolute atomic E-state index is 13.1. The van der Waals surface area contributed by atoms with E-state index in [4.69, 9.17) is 17.3 Å². The fraction of sp³-hybridized carbons (Fsp3) is 0.0769. The van der Waals surface area contributed by atoms with Crippen LogP contribution in [0.3, 0.4) is 0 Å². The highest BCUT2D eigenvalue weighted by atomic mass is 35.5. The number of benzene rings is 2. The summed E-state index contributed by atoms with van der Waals surface area (Å²) < 4.78 is 25.8. The molecule has 5 heteroatoms. The molecule has 0 spiro atoms. The Balaban J connectivity index is 2.10. The number of nitrogen functional groups attached to an aromatic ring is 1. The highest BCUT2D eigenvalue weighted by molar-refractivity contribution is 6.31. The van der Waals surface area contributed by atoms with Crippen LogP contribution in [-0.4, -0.2) is 0 Å². The van der Waals surface area contributed by atoms with Crippen LogP contribution in [0, 0.1) is 11.6 Å². The first kappa shape index (κ1) is 12.6. The van der Waals surface area contributed by atoms with Gasteiger partial charge in [0.2, 0.25) is 0 Å². The topological polar surface area (TPSA) is 38.0 Å². The molecule has 0 aliphatic carbocycles. The molecule has 0 fully saturated rings. The maximum atomic E-state index is 13.1. The third-order valence-corrected chi connectivity index (χ3v) is 2.78. The predicted octanol–water partition coefficient (Wildman–Crippen LogP) is 3.81. The van der Waals surface area contributed by atoms with Crippen molar-refractivity contribution in [1.82, 2.24) is 0 Å². The monoisotopic (exact) mass is 268 g/mol. The van der Waals surface area contributed by atoms with Crippen LogP contribution in [0.2, 0.25) is 5.02 Å². The Kier molecular flexibility index (Phi) is 3.67. The summed E-state index contributed by atoms with van der Waals surface area (Å²) in [7, 11) is 0. The van der Waals surface area contributed by atoms with Gasteiger partial charge in [0.05, 0.1) is 16.4 Å². The van der Waals surface area contributed by atoms with E-state index in [1.807, 2.05) is 0 Å². The summed E-state index contributed by atoms with van der Waals surface area (Å²) in [5.74, 6) is -0.843. The van der Waals surface area contributed by atoms with E-state index in [-0.39, 0.29) is 16.5 Å². The van der Waals surface area contributed by atoms with Crippen LogP contribution in [0.25, 0.3) is 0 Å². The average Bonchev–Trinajstić information content (AvgIpc) is 2.34. The fourth-order valence-electron chi connectivity index (χ4n) is 1.51. The summed E-state index contributed by atoms with van der Waals surface area (Å²) in [5.41, 5.74) is 7.37.